The third-order valence-corrected chi connectivity index (χ3v) is 4.53. The zero-order chi connectivity index (χ0) is 15.0. The SMILES string of the molecule is c1ccc2c(c1)N=c1cc3c(cc1-2)nc1nc2ccccc2n13. The van der Waals surface area contributed by atoms with Gasteiger partial charge in [0.2, 0.25) is 5.78 Å². The normalized spacial score (nSPS) is 12.7. The van der Waals surface area contributed by atoms with Crippen LogP contribution in [0.3, 0.4) is 0 Å². The van der Waals surface area contributed by atoms with Crippen LogP contribution in [0, 0.1) is 0 Å². The molecule has 0 saturated carbocycles. The third-order valence-electron chi connectivity index (χ3n) is 4.53. The van der Waals surface area contributed by atoms with Crippen LogP contribution >= 0.6 is 0 Å². The lowest BCUT2D eigenvalue weighted by Gasteiger charge is -1.98. The van der Waals surface area contributed by atoms with Crippen molar-refractivity contribution in [3.63, 3.8) is 0 Å². The minimum Gasteiger partial charge on any atom is -0.275 e. The number of rotatable bonds is 0. The van der Waals surface area contributed by atoms with Crippen molar-refractivity contribution in [2.75, 3.05) is 0 Å². The zero-order valence-corrected chi connectivity index (χ0v) is 12.1. The topological polar surface area (TPSA) is 42.5 Å². The number of nitrogens with zero attached hydrogens (tertiary/aromatic N) is 4. The molecule has 0 fully saturated rings. The van der Waals surface area contributed by atoms with Crippen molar-refractivity contribution in [2.45, 2.75) is 0 Å². The van der Waals surface area contributed by atoms with Crippen molar-refractivity contribution in [1.29, 1.82) is 0 Å². The minimum atomic E-state index is 0.748. The van der Waals surface area contributed by atoms with Crippen LogP contribution in [0.1, 0.15) is 0 Å². The molecule has 5 aromatic rings. The Morgan fingerprint density at radius 2 is 1.52 bits per heavy atom. The molecule has 1 aliphatic rings. The molecule has 3 heterocycles. The van der Waals surface area contributed by atoms with Gasteiger partial charge in [-0.1, -0.05) is 30.3 Å². The second kappa shape index (κ2) is 3.73. The van der Waals surface area contributed by atoms with Gasteiger partial charge in [-0.3, -0.25) is 4.40 Å². The standard InChI is InChI=1S/C19H10N4/c1-2-6-13-11(5-1)12-9-16-18(10-15(12)20-13)23-17-8-4-3-7-14(17)21-19(23)22-16/h1-10H. The minimum absolute atomic E-state index is 0.748. The van der Waals surface area contributed by atoms with Crippen LogP contribution < -0.4 is 5.36 Å². The smallest absolute Gasteiger partial charge is 0.236 e. The molecule has 0 N–H and O–H groups in total. The van der Waals surface area contributed by atoms with Crippen molar-refractivity contribution in [2.24, 2.45) is 4.99 Å². The second-order valence-corrected chi connectivity index (χ2v) is 5.83. The van der Waals surface area contributed by atoms with E-state index in [1.54, 1.807) is 0 Å². The average molecular weight is 294 g/mol. The highest BCUT2D eigenvalue weighted by Crippen LogP contribution is 2.34. The number of para-hydroxylation sites is 3. The summed E-state index contributed by atoms with van der Waals surface area (Å²) in [7, 11) is 0. The van der Waals surface area contributed by atoms with Crippen LogP contribution in [0.2, 0.25) is 0 Å². The largest absolute Gasteiger partial charge is 0.275 e. The van der Waals surface area contributed by atoms with Crippen LogP contribution in [0.4, 0.5) is 5.69 Å². The van der Waals surface area contributed by atoms with E-state index in [0.717, 1.165) is 44.5 Å². The number of imidazole rings is 2. The van der Waals surface area contributed by atoms with Crippen molar-refractivity contribution in [3.05, 3.63) is 66.0 Å². The molecule has 3 aromatic carbocycles. The fourth-order valence-electron chi connectivity index (χ4n) is 3.50. The Kier molecular flexibility index (Phi) is 1.84. The second-order valence-electron chi connectivity index (χ2n) is 5.83. The summed E-state index contributed by atoms with van der Waals surface area (Å²) >= 11 is 0. The van der Waals surface area contributed by atoms with Gasteiger partial charge in [0.15, 0.2) is 0 Å². The molecule has 0 bridgehead atoms. The quantitative estimate of drug-likeness (QED) is 0.429. The molecule has 0 spiro atoms. The highest BCUT2D eigenvalue weighted by Gasteiger charge is 2.17. The summed E-state index contributed by atoms with van der Waals surface area (Å²) in [6.45, 7) is 0. The molecule has 0 atom stereocenters. The lowest BCUT2D eigenvalue weighted by atomic mass is 10.1. The van der Waals surface area contributed by atoms with E-state index in [1.807, 2.05) is 30.3 Å². The number of fused-ring (bicyclic) bond motifs is 8. The van der Waals surface area contributed by atoms with Gasteiger partial charge in [-0.15, -0.1) is 0 Å². The molecule has 0 saturated heterocycles. The summed E-state index contributed by atoms with van der Waals surface area (Å²) in [5, 5.41) is 1.01. The van der Waals surface area contributed by atoms with Gasteiger partial charge >= 0.3 is 0 Å². The predicted octanol–water partition coefficient (Wildman–Crippen LogP) is 3.69. The van der Waals surface area contributed by atoms with Crippen molar-refractivity contribution >= 4 is 33.5 Å². The van der Waals surface area contributed by atoms with E-state index >= 15 is 0 Å². The van der Waals surface area contributed by atoms with Gasteiger partial charge in [-0.05, 0) is 30.3 Å². The number of hydrogen-bond acceptors (Lipinski definition) is 3. The Morgan fingerprint density at radius 1 is 0.696 bits per heavy atom. The van der Waals surface area contributed by atoms with Crippen molar-refractivity contribution < 1.29 is 0 Å². The average Bonchev–Trinajstić information content (AvgIpc) is 3.21. The fraction of sp³-hybridized carbons (Fsp3) is 0. The molecule has 106 valence electrons. The van der Waals surface area contributed by atoms with E-state index in [9.17, 15) is 0 Å². The van der Waals surface area contributed by atoms with E-state index in [0.29, 0.717) is 0 Å². The van der Waals surface area contributed by atoms with Crippen molar-refractivity contribution in [3.8, 4) is 11.1 Å². The maximum atomic E-state index is 4.75. The molecule has 23 heavy (non-hydrogen) atoms. The predicted molar refractivity (Wildman–Crippen MR) is 89.8 cm³/mol. The Hall–Kier alpha value is -3.27. The number of benzene rings is 3. The Bertz CT molecular complexity index is 1310. The Balaban J connectivity index is 1.80. The van der Waals surface area contributed by atoms with Gasteiger partial charge in [0.1, 0.15) is 0 Å². The highest BCUT2D eigenvalue weighted by molar-refractivity contribution is 5.93. The van der Waals surface area contributed by atoms with Crippen LogP contribution in [-0.2, 0) is 0 Å². The van der Waals surface area contributed by atoms with Gasteiger partial charge < -0.3 is 0 Å². The van der Waals surface area contributed by atoms with Crippen LogP contribution in [-0.4, -0.2) is 14.4 Å². The van der Waals surface area contributed by atoms with Gasteiger partial charge in [0.05, 0.1) is 33.1 Å². The van der Waals surface area contributed by atoms with E-state index in [1.165, 1.54) is 5.56 Å². The zero-order valence-electron chi connectivity index (χ0n) is 12.1. The molecule has 6 rings (SSSR count). The molecule has 0 unspecified atom stereocenters. The summed E-state index contributed by atoms with van der Waals surface area (Å²) in [4.78, 5) is 14.1. The fourth-order valence-corrected chi connectivity index (χ4v) is 3.50. The molecule has 0 radical (unpaired) electrons. The first-order valence-electron chi connectivity index (χ1n) is 7.57. The van der Waals surface area contributed by atoms with Gasteiger partial charge in [-0.25, -0.2) is 15.0 Å². The molecule has 0 amide bonds. The van der Waals surface area contributed by atoms with Gasteiger partial charge in [0.25, 0.3) is 0 Å². The first-order valence-corrected chi connectivity index (χ1v) is 7.57. The summed E-state index contributed by atoms with van der Waals surface area (Å²) < 4.78 is 2.11. The van der Waals surface area contributed by atoms with Gasteiger partial charge in [0, 0.05) is 11.1 Å². The molecule has 2 aromatic heterocycles. The molecule has 0 aliphatic carbocycles. The van der Waals surface area contributed by atoms with Crippen LogP contribution in [0.15, 0.2) is 65.7 Å². The molecular weight excluding hydrogens is 284 g/mol. The number of hydrogen-bond donors (Lipinski definition) is 0. The summed E-state index contributed by atoms with van der Waals surface area (Å²) in [6.07, 6.45) is 0. The third kappa shape index (κ3) is 1.33. The monoisotopic (exact) mass is 294 g/mol. The Morgan fingerprint density at radius 3 is 2.52 bits per heavy atom. The van der Waals surface area contributed by atoms with E-state index in [2.05, 4.69) is 39.7 Å². The maximum absolute atomic E-state index is 4.75. The molecule has 1 aliphatic heterocycles. The van der Waals surface area contributed by atoms with Crippen LogP contribution in [0.5, 0.6) is 0 Å². The summed E-state index contributed by atoms with van der Waals surface area (Å²) in [6, 6.07) is 20.6. The maximum Gasteiger partial charge on any atom is 0.236 e. The summed E-state index contributed by atoms with van der Waals surface area (Å²) in [5.41, 5.74) is 7.43. The molecule has 4 nitrogen and oxygen atoms in total. The molecule has 4 heteroatoms. The van der Waals surface area contributed by atoms with Crippen LogP contribution in [0.25, 0.3) is 39.0 Å². The lowest BCUT2D eigenvalue weighted by Crippen LogP contribution is -2.00. The first-order chi connectivity index (χ1) is 11.4. The lowest BCUT2D eigenvalue weighted by molar-refractivity contribution is 1.27. The summed E-state index contributed by atoms with van der Waals surface area (Å²) in [5.74, 6) is 0.748. The molecular formula is C19H10N4. The highest BCUT2D eigenvalue weighted by atomic mass is 15.1. The first kappa shape index (κ1) is 11.3. The van der Waals surface area contributed by atoms with E-state index in [-0.39, 0.29) is 0 Å². The van der Waals surface area contributed by atoms with E-state index in [4.69, 9.17) is 9.98 Å². The number of aromatic nitrogens is 3. The van der Waals surface area contributed by atoms with Gasteiger partial charge in [-0.2, -0.15) is 0 Å². The van der Waals surface area contributed by atoms with Crippen molar-refractivity contribution in [1.82, 2.24) is 14.4 Å². The van der Waals surface area contributed by atoms with E-state index < -0.39 is 0 Å². The Labute approximate surface area is 130 Å².